The lowest BCUT2D eigenvalue weighted by molar-refractivity contribution is 0.401. The fourth-order valence-corrected chi connectivity index (χ4v) is 4.64. The third kappa shape index (κ3) is 2.72. The molecule has 0 atom stereocenters. The minimum absolute atomic E-state index is 0.128. The van der Waals surface area contributed by atoms with Crippen LogP contribution in [-0.2, 0) is 16.6 Å². The summed E-state index contributed by atoms with van der Waals surface area (Å²) < 4.78 is 27.1. The van der Waals surface area contributed by atoms with E-state index in [4.69, 9.17) is 5.73 Å². The van der Waals surface area contributed by atoms with E-state index < -0.39 is 10.0 Å². The van der Waals surface area contributed by atoms with Crippen LogP contribution in [0.4, 0.5) is 5.69 Å². The molecule has 0 bridgehead atoms. The fraction of sp³-hybridized carbons (Fsp3) is 0.286. The highest BCUT2D eigenvalue weighted by atomic mass is 32.2. The number of sulfonamides is 1. The summed E-state index contributed by atoms with van der Waals surface area (Å²) in [5.74, 6) is 0. The molecule has 0 amide bonds. The Hall–Kier alpha value is -1.37. The minimum atomic E-state index is -3.48. The van der Waals surface area contributed by atoms with E-state index in [1.54, 1.807) is 33.8 Å². The van der Waals surface area contributed by atoms with Crippen LogP contribution < -0.4 is 5.73 Å². The van der Waals surface area contributed by atoms with E-state index in [0.29, 0.717) is 12.2 Å². The molecule has 0 unspecified atom stereocenters. The van der Waals surface area contributed by atoms with Crippen molar-refractivity contribution >= 4 is 27.0 Å². The Bertz CT molecular complexity index is 692. The number of nitrogen functional groups attached to an aromatic ring is 1. The Labute approximate surface area is 122 Å². The molecule has 1 aliphatic carbocycles. The van der Waals surface area contributed by atoms with Gasteiger partial charge in [0.25, 0.3) is 0 Å². The molecule has 1 fully saturated rings. The lowest BCUT2D eigenvalue weighted by Crippen LogP contribution is -2.32. The van der Waals surface area contributed by atoms with Crippen molar-refractivity contribution in [2.24, 2.45) is 0 Å². The average Bonchev–Trinajstić information content (AvgIpc) is 3.12. The molecular formula is C14H16N2O2S2. The number of nitrogens with two attached hydrogens (primary N) is 1. The quantitative estimate of drug-likeness (QED) is 0.864. The first-order valence-corrected chi connectivity index (χ1v) is 8.79. The first-order chi connectivity index (χ1) is 9.57. The molecule has 1 aromatic heterocycles. The summed E-state index contributed by atoms with van der Waals surface area (Å²) >= 11 is 1.58. The van der Waals surface area contributed by atoms with Gasteiger partial charge in [0, 0.05) is 23.2 Å². The van der Waals surface area contributed by atoms with Crippen LogP contribution in [0.2, 0.25) is 0 Å². The zero-order chi connectivity index (χ0) is 14.2. The predicted octanol–water partition coefficient (Wildman–Crippen LogP) is 2.68. The standard InChI is InChI=1S/C14H16N2O2S2/c15-11-3-1-5-14(9-11)20(17,18)16(12-6-7-12)10-13-4-2-8-19-13/h1-5,8-9,12H,6-7,10,15H2. The zero-order valence-electron chi connectivity index (χ0n) is 10.9. The van der Waals surface area contributed by atoms with Crippen molar-refractivity contribution in [3.05, 3.63) is 46.7 Å². The second-order valence-electron chi connectivity index (χ2n) is 4.93. The number of anilines is 1. The number of nitrogens with zero attached hydrogens (tertiary/aromatic N) is 1. The Balaban J connectivity index is 1.94. The predicted molar refractivity (Wildman–Crippen MR) is 80.9 cm³/mol. The molecule has 0 aliphatic heterocycles. The van der Waals surface area contributed by atoms with Crippen molar-refractivity contribution in [2.45, 2.75) is 30.3 Å². The third-order valence-electron chi connectivity index (χ3n) is 3.31. The SMILES string of the molecule is Nc1cccc(S(=O)(=O)N(Cc2cccs2)C2CC2)c1. The van der Waals surface area contributed by atoms with Crippen LogP contribution in [0.25, 0.3) is 0 Å². The largest absolute Gasteiger partial charge is 0.399 e. The Kier molecular flexibility index (Phi) is 3.54. The molecule has 3 rings (SSSR count). The van der Waals surface area contributed by atoms with Crippen LogP contribution in [0.3, 0.4) is 0 Å². The molecule has 1 heterocycles. The van der Waals surface area contributed by atoms with Crippen molar-refractivity contribution in [1.29, 1.82) is 0 Å². The number of hydrogen-bond acceptors (Lipinski definition) is 4. The van der Waals surface area contributed by atoms with Gasteiger partial charge in [-0.15, -0.1) is 11.3 Å². The van der Waals surface area contributed by atoms with Gasteiger partial charge < -0.3 is 5.73 Å². The van der Waals surface area contributed by atoms with Crippen LogP contribution >= 0.6 is 11.3 Å². The van der Waals surface area contributed by atoms with E-state index in [9.17, 15) is 8.42 Å². The van der Waals surface area contributed by atoms with Gasteiger partial charge in [0.2, 0.25) is 10.0 Å². The van der Waals surface area contributed by atoms with E-state index in [1.165, 1.54) is 6.07 Å². The number of hydrogen-bond donors (Lipinski definition) is 1. The Morgan fingerprint density at radius 3 is 2.65 bits per heavy atom. The molecule has 0 spiro atoms. The molecule has 0 radical (unpaired) electrons. The molecule has 6 heteroatoms. The molecule has 1 aliphatic rings. The molecule has 4 nitrogen and oxygen atoms in total. The topological polar surface area (TPSA) is 63.4 Å². The molecule has 1 saturated carbocycles. The fourth-order valence-electron chi connectivity index (χ4n) is 2.14. The highest BCUT2D eigenvalue weighted by Crippen LogP contribution is 2.34. The van der Waals surface area contributed by atoms with Gasteiger partial charge in [0.15, 0.2) is 0 Å². The lowest BCUT2D eigenvalue weighted by Gasteiger charge is -2.21. The summed E-state index contributed by atoms with van der Waals surface area (Å²) in [7, 11) is -3.48. The molecule has 20 heavy (non-hydrogen) atoms. The van der Waals surface area contributed by atoms with Crippen molar-refractivity contribution in [1.82, 2.24) is 4.31 Å². The maximum absolute atomic E-state index is 12.8. The summed E-state index contributed by atoms with van der Waals surface area (Å²) in [5, 5.41) is 1.97. The van der Waals surface area contributed by atoms with Gasteiger partial charge in [-0.05, 0) is 42.5 Å². The van der Waals surface area contributed by atoms with E-state index >= 15 is 0 Å². The van der Waals surface area contributed by atoms with E-state index in [-0.39, 0.29) is 10.9 Å². The molecular weight excluding hydrogens is 292 g/mol. The maximum Gasteiger partial charge on any atom is 0.243 e. The second-order valence-corrected chi connectivity index (χ2v) is 7.86. The highest BCUT2D eigenvalue weighted by molar-refractivity contribution is 7.89. The third-order valence-corrected chi connectivity index (χ3v) is 6.07. The zero-order valence-corrected chi connectivity index (χ0v) is 12.5. The van der Waals surface area contributed by atoms with Crippen molar-refractivity contribution in [2.75, 3.05) is 5.73 Å². The summed E-state index contributed by atoms with van der Waals surface area (Å²) in [4.78, 5) is 1.34. The number of benzene rings is 1. The van der Waals surface area contributed by atoms with Crippen LogP contribution in [-0.4, -0.2) is 18.8 Å². The van der Waals surface area contributed by atoms with Gasteiger partial charge in [-0.2, -0.15) is 4.31 Å². The number of thiophene rings is 1. The first kappa shape index (κ1) is 13.6. The van der Waals surface area contributed by atoms with Crippen LogP contribution in [0, 0.1) is 0 Å². The normalized spacial score (nSPS) is 15.7. The summed E-state index contributed by atoms with van der Waals surface area (Å²) in [6.45, 7) is 0.444. The average molecular weight is 308 g/mol. The lowest BCUT2D eigenvalue weighted by atomic mass is 10.3. The van der Waals surface area contributed by atoms with E-state index in [2.05, 4.69) is 0 Å². The first-order valence-electron chi connectivity index (χ1n) is 6.47. The Morgan fingerprint density at radius 2 is 2.05 bits per heavy atom. The summed E-state index contributed by atoms with van der Waals surface area (Å²) in [6, 6.07) is 10.5. The summed E-state index contributed by atoms with van der Waals surface area (Å²) in [6.07, 6.45) is 1.87. The molecule has 106 valence electrons. The smallest absolute Gasteiger partial charge is 0.243 e. The van der Waals surface area contributed by atoms with Crippen LogP contribution in [0.5, 0.6) is 0 Å². The van der Waals surface area contributed by atoms with Crippen LogP contribution in [0.15, 0.2) is 46.7 Å². The monoisotopic (exact) mass is 308 g/mol. The molecule has 1 aromatic carbocycles. The molecule has 2 N–H and O–H groups in total. The van der Waals surface area contributed by atoms with Crippen molar-refractivity contribution in [3.8, 4) is 0 Å². The van der Waals surface area contributed by atoms with Gasteiger partial charge in [-0.25, -0.2) is 8.42 Å². The highest BCUT2D eigenvalue weighted by Gasteiger charge is 2.38. The summed E-state index contributed by atoms with van der Waals surface area (Å²) in [5.41, 5.74) is 6.17. The Morgan fingerprint density at radius 1 is 1.25 bits per heavy atom. The van der Waals surface area contributed by atoms with Gasteiger partial charge >= 0.3 is 0 Å². The molecule has 2 aromatic rings. The second kappa shape index (κ2) is 5.20. The van der Waals surface area contributed by atoms with Gasteiger partial charge in [-0.3, -0.25) is 0 Å². The van der Waals surface area contributed by atoms with Gasteiger partial charge in [0.05, 0.1) is 4.90 Å². The number of rotatable bonds is 5. The minimum Gasteiger partial charge on any atom is -0.399 e. The van der Waals surface area contributed by atoms with Gasteiger partial charge in [0.1, 0.15) is 0 Å². The van der Waals surface area contributed by atoms with Gasteiger partial charge in [-0.1, -0.05) is 12.1 Å². The molecule has 0 saturated heterocycles. The van der Waals surface area contributed by atoms with E-state index in [0.717, 1.165) is 17.7 Å². The van der Waals surface area contributed by atoms with Crippen LogP contribution in [0.1, 0.15) is 17.7 Å². The maximum atomic E-state index is 12.8. The van der Waals surface area contributed by atoms with Crippen molar-refractivity contribution in [3.63, 3.8) is 0 Å². The van der Waals surface area contributed by atoms with Crippen molar-refractivity contribution < 1.29 is 8.42 Å². The van der Waals surface area contributed by atoms with E-state index in [1.807, 2.05) is 17.5 Å².